The number of hydrogen-bond donors (Lipinski definition) is 0. The van der Waals surface area contributed by atoms with Gasteiger partial charge in [0.1, 0.15) is 0 Å². The Morgan fingerprint density at radius 3 is 2.91 bits per heavy atom. The molecule has 4 nitrogen and oxygen atoms in total. The van der Waals surface area contributed by atoms with E-state index in [9.17, 15) is 18.0 Å². The summed E-state index contributed by atoms with van der Waals surface area (Å²) in [5.74, 6) is -0.726. The second-order valence-electron chi connectivity index (χ2n) is 6.14. The number of benzene rings is 1. The molecule has 0 aliphatic carbocycles. The third-order valence-electron chi connectivity index (χ3n) is 4.30. The van der Waals surface area contributed by atoms with Gasteiger partial charge in [0.2, 0.25) is 0 Å². The monoisotopic (exact) mass is 325 g/mol. The highest BCUT2D eigenvalue weighted by atomic mass is 19.4. The van der Waals surface area contributed by atoms with Crippen molar-refractivity contribution >= 4 is 16.9 Å². The first kappa shape index (κ1) is 15.8. The average Bonchev–Trinajstić information content (AvgIpc) is 2.86. The summed E-state index contributed by atoms with van der Waals surface area (Å²) in [7, 11) is 1.86. The lowest BCUT2D eigenvalue weighted by atomic mass is 9.94. The van der Waals surface area contributed by atoms with Crippen LogP contribution in [0.3, 0.4) is 0 Å². The minimum absolute atomic E-state index is 0.165. The summed E-state index contributed by atoms with van der Waals surface area (Å²) in [5, 5.41) is 0. The van der Waals surface area contributed by atoms with E-state index in [1.54, 1.807) is 18.5 Å². The largest absolute Gasteiger partial charge is 0.389 e. The van der Waals surface area contributed by atoms with Gasteiger partial charge in [0.05, 0.1) is 17.4 Å². The van der Waals surface area contributed by atoms with Gasteiger partial charge in [-0.2, -0.15) is 13.2 Å². The zero-order valence-corrected chi connectivity index (χ0v) is 12.8. The Balaban J connectivity index is 1.75. The van der Waals surface area contributed by atoms with E-state index in [1.807, 2.05) is 17.7 Å². The number of alkyl halides is 3. The zero-order chi connectivity index (χ0) is 16.6. The molecule has 1 saturated heterocycles. The van der Waals surface area contributed by atoms with Gasteiger partial charge in [-0.25, -0.2) is 4.98 Å². The summed E-state index contributed by atoms with van der Waals surface area (Å²) in [5.41, 5.74) is 2.10. The second-order valence-corrected chi connectivity index (χ2v) is 6.14. The standard InChI is InChI=1S/C16H18F3N3O/c1-21-10-20-13-7-12(4-5-14(13)21)15(23)22-6-2-3-11(9-22)8-16(17,18)19/h4-5,7,10-11H,2-3,6,8-9H2,1H3. The summed E-state index contributed by atoms with van der Waals surface area (Å²) in [4.78, 5) is 18.3. The van der Waals surface area contributed by atoms with Gasteiger partial charge in [0.15, 0.2) is 0 Å². The van der Waals surface area contributed by atoms with Crippen molar-refractivity contribution in [2.24, 2.45) is 13.0 Å². The topological polar surface area (TPSA) is 38.1 Å². The number of piperidine rings is 1. The fourth-order valence-corrected chi connectivity index (χ4v) is 3.20. The molecule has 124 valence electrons. The number of amides is 1. The molecular weight excluding hydrogens is 307 g/mol. The van der Waals surface area contributed by atoms with E-state index < -0.39 is 18.5 Å². The Hall–Kier alpha value is -2.05. The molecule has 2 aromatic rings. The van der Waals surface area contributed by atoms with Gasteiger partial charge in [0, 0.05) is 32.1 Å². The molecule has 1 unspecified atom stereocenters. The van der Waals surface area contributed by atoms with Crippen LogP contribution in [-0.4, -0.2) is 39.6 Å². The number of nitrogens with zero attached hydrogens (tertiary/aromatic N) is 3. The molecule has 0 saturated carbocycles. The van der Waals surface area contributed by atoms with E-state index in [2.05, 4.69) is 4.98 Å². The summed E-state index contributed by atoms with van der Waals surface area (Å²) < 4.78 is 39.5. The molecule has 3 rings (SSSR count). The molecule has 23 heavy (non-hydrogen) atoms. The molecular formula is C16H18F3N3O. The number of aromatic nitrogens is 2. The molecule has 0 radical (unpaired) electrons. The van der Waals surface area contributed by atoms with Crippen LogP contribution in [0, 0.1) is 5.92 Å². The first-order valence-electron chi connectivity index (χ1n) is 7.60. The number of halogens is 3. The fraction of sp³-hybridized carbons (Fsp3) is 0.500. The van der Waals surface area contributed by atoms with Crippen LogP contribution in [0.25, 0.3) is 11.0 Å². The number of likely N-dealkylation sites (tertiary alicyclic amines) is 1. The van der Waals surface area contributed by atoms with Crippen LogP contribution in [-0.2, 0) is 7.05 Å². The van der Waals surface area contributed by atoms with Crippen LogP contribution < -0.4 is 0 Å². The maximum atomic E-state index is 12.6. The van der Waals surface area contributed by atoms with Crippen molar-refractivity contribution in [3.8, 4) is 0 Å². The minimum Gasteiger partial charge on any atom is -0.338 e. The van der Waals surface area contributed by atoms with E-state index in [1.165, 1.54) is 4.90 Å². The molecule has 0 spiro atoms. The van der Waals surface area contributed by atoms with E-state index in [0.717, 1.165) is 5.52 Å². The minimum atomic E-state index is -4.18. The lowest BCUT2D eigenvalue weighted by Crippen LogP contribution is -2.41. The second kappa shape index (κ2) is 5.86. The molecule has 1 fully saturated rings. The van der Waals surface area contributed by atoms with Gasteiger partial charge in [0.25, 0.3) is 5.91 Å². The van der Waals surface area contributed by atoms with E-state index >= 15 is 0 Å². The molecule has 2 heterocycles. The quantitative estimate of drug-likeness (QED) is 0.849. The van der Waals surface area contributed by atoms with Crippen molar-refractivity contribution < 1.29 is 18.0 Å². The first-order valence-corrected chi connectivity index (χ1v) is 7.60. The maximum absolute atomic E-state index is 12.6. The number of rotatable bonds is 2. The molecule has 1 aliphatic heterocycles. The summed E-state index contributed by atoms with van der Waals surface area (Å²) in [6.45, 7) is 0.673. The SMILES string of the molecule is Cn1cnc2cc(C(=O)N3CCCC(CC(F)(F)F)C3)ccc21. The highest BCUT2D eigenvalue weighted by Crippen LogP contribution is 2.30. The van der Waals surface area contributed by atoms with Crippen LogP contribution in [0.5, 0.6) is 0 Å². The van der Waals surface area contributed by atoms with Gasteiger partial charge < -0.3 is 9.47 Å². The third-order valence-corrected chi connectivity index (χ3v) is 4.30. The van der Waals surface area contributed by atoms with Crippen molar-refractivity contribution in [2.45, 2.75) is 25.4 Å². The molecule has 1 amide bonds. The first-order chi connectivity index (χ1) is 10.8. The maximum Gasteiger partial charge on any atom is 0.389 e. The normalized spacial score (nSPS) is 19.3. The number of carbonyl (C=O) groups is 1. The van der Waals surface area contributed by atoms with Gasteiger partial charge in [-0.15, -0.1) is 0 Å². The Kier molecular flexibility index (Phi) is 4.04. The van der Waals surface area contributed by atoms with Crippen molar-refractivity contribution in [1.82, 2.24) is 14.5 Å². The molecule has 0 N–H and O–H groups in total. The van der Waals surface area contributed by atoms with Crippen LogP contribution in [0.2, 0.25) is 0 Å². The molecule has 1 atom stereocenters. The number of aryl methyl sites for hydroxylation is 1. The van der Waals surface area contributed by atoms with Gasteiger partial charge in [-0.3, -0.25) is 4.79 Å². The highest BCUT2D eigenvalue weighted by molar-refractivity contribution is 5.97. The van der Waals surface area contributed by atoms with Crippen LogP contribution in [0.4, 0.5) is 13.2 Å². The number of fused-ring (bicyclic) bond motifs is 1. The Labute approximate surface area is 131 Å². The zero-order valence-electron chi connectivity index (χ0n) is 12.8. The van der Waals surface area contributed by atoms with E-state index in [0.29, 0.717) is 30.5 Å². The van der Waals surface area contributed by atoms with Crippen molar-refractivity contribution in [2.75, 3.05) is 13.1 Å². The molecule has 7 heteroatoms. The van der Waals surface area contributed by atoms with Crippen molar-refractivity contribution in [3.63, 3.8) is 0 Å². The molecule has 1 aliphatic rings. The molecule has 1 aromatic heterocycles. The number of imidazole rings is 1. The Bertz CT molecular complexity index is 723. The van der Waals surface area contributed by atoms with Gasteiger partial charge >= 0.3 is 6.18 Å². The third kappa shape index (κ3) is 3.48. The predicted octanol–water partition coefficient (Wildman–Crippen LogP) is 3.38. The summed E-state index contributed by atoms with van der Waals surface area (Å²) >= 11 is 0. The summed E-state index contributed by atoms with van der Waals surface area (Å²) in [6, 6.07) is 5.22. The van der Waals surface area contributed by atoms with Crippen LogP contribution >= 0.6 is 0 Å². The van der Waals surface area contributed by atoms with Crippen molar-refractivity contribution in [1.29, 1.82) is 0 Å². The average molecular weight is 325 g/mol. The number of hydrogen-bond acceptors (Lipinski definition) is 2. The van der Waals surface area contributed by atoms with Crippen LogP contribution in [0.1, 0.15) is 29.6 Å². The Morgan fingerprint density at radius 2 is 2.17 bits per heavy atom. The van der Waals surface area contributed by atoms with E-state index in [-0.39, 0.29) is 12.5 Å². The summed E-state index contributed by atoms with van der Waals surface area (Å²) in [6.07, 6.45) is -2.21. The van der Waals surface area contributed by atoms with Crippen molar-refractivity contribution in [3.05, 3.63) is 30.1 Å². The molecule has 1 aromatic carbocycles. The van der Waals surface area contributed by atoms with E-state index in [4.69, 9.17) is 0 Å². The van der Waals surface area contributed by atoms with Gasteiger partial charge in [-0.05, 0) is 37.0 Å². The smallest absolute Gasteiger partial charge is 0.338 e. The lowest BCUT2D eigenvalue weighted by molar-refractivity contribution is -0.147. The predicted molar refractivity (Wildman–Crippen MR) is 80.0 cm³/mol. The Morgan fingerprint density at radius 1 is 1.39 bits per heavy atom. The molecule has 0 bridgehead atoms. The lowest BCUT2D eigenvalue weighted by Gasteiger charge is -2.33. The fourth-order valence-electron chi connectivity index (χ4n) is 3.20. The number of carbonyl (C=O) groups excluding carboxylic acids is 1. The highest BCUT2D eigenvalue weighted by Gasteiger charge is 2.35. The van der Waals surface area contributed by atoms with Gasteiger partial charge in [-0.1, -0.05) is 0 Å². The van der Waals surface area contributed by atoms with Crippen LogP contribution in [0.15, 0.2) is 24.5 Å².